The Bertz CT molecular complexity index is 713. The molecular formula is C34H60N4. The molecule has 0 aromatic rings. The molecule has 7 rings (SSSR count). The van der Waals surface area contributed by atoms with Gasteiger partial charge in [-0.25, -0.2) is 0 Å². The van der Waals surface area contributed by atoms with Crippen molar-refractivity contribution in [3.63, 3.8) is 0 Å². The second kappa shape index (κ2) is 12.4. The van der Waals surface area contributed by atoms with Crippen LogP contribution in [-0.2, 0) is 0 Å². The van der Waals surface area contributed by atoms with E-state index in [1.54, 1.807) is 0 Å². The third kappa shape index (κ3) is 5.39. The highest BCUT2D eigenvalue weighted by Crippen LogP contribution is 2.50. The Kier molecular flexibility index (Phi) is 8.70. The fraction of sp³-hybridized carbons (Fsp3) is 1.00. The van der Waals surface area contributed by atoms with Crippen molar-refractivity contribution in [1.82, 2.24) is 20.4 Å². The molecule has 216 valence electrons. The lowest BCUT2D eigenvalue weighted by molar-refractivity contribution is -0.00794. The van der Waals surface area contributed by atoms with Crippen LogP contribution < -0.4 is 10.6 Å². The summed E-state index contributed by atoms with van der Waals surface area (Å²) in [5.74, 6) is 3.95. The molecule has 0 bridgehead atoms. The number of nitrogens with one attached hydrogen (secondary N) is 2. The van der Waals surface area contributed by atoms with E-state index >= 15 is 0 Å². The fourth-order valence-electron chi connectivity index (χ4n) is 11.6. The normalized spacial score (nSPS) is 42.7. The molecule has 4 heteroatoms. The first-order valence-electron chi connectivity index (χ1n) is 17.8. The first-order valence-corrected chi connectivity index (χ1v) is 17.8. The highest BCUT2D eigenvalue weighted by Gasteiger charge is 2.54. The zero-order valence-corrected chi connectivity index (χ0v) is 24.6. The smallest absolute Gasteiger partial charge is 0.0157 e. The number of fused-ring (bicyclic) bond motifs is 3. The molecule has 0 amide bonds. The lowest BCUT2D eigenvalue weighted by Gasteiger charge is -2.50. The Hall–Kier alpha value is -0.160. The van der Waals surface area contributed by atoms with Crippen LogP contribution in [0, 0.1) is 23.7 Å². The minimum absolute atomic E-state index is 0.889. The molecule has 7 aliphatic rings. The average molecular weight is 525 g/mol. The average Bonchev–Trinajstić information content (AvgIpc) is 3.33. The highest BCUT2D eigenvalue weighted by molar-refractivity contribution is 5.09. The minimum atomic E-state index is 0.889. The van der Waals surface area contributed by atoms with Gasteiger partial charge in [0.1, 0.15) is 0 Å². The first kappa shape index (κ1) is 26.7. The Morgan fingerprint density at radius 1 is 0.474 bits per heavy atom. The highest BCUT2D eigenvalue weighted by atomic mass is 15.3. The van der Waals surface area contributed by atoms with Gasteiger partial charge in [0.15, 0.2) is 0 Å². The SMILES string of the molecule is C1CCC(N(C2CCCCC2)C2CCC3C(C2)C2CNCCC2N3C2CCC(C3CCNCC3)CC2)CC1. The van der Waals surface area contributed by atoms with Gasteiger partial charge in [-0.15, -0.1) is 0 Å². The van der Waals surface area contributed by atoms with Crippen molar-refractivity contribution in [2.24, 2.45) is 23.7 Å². The summed E-state index contributed by atoms with van der Waals surface area (Å²) in [5, 5.41) is 7.49. The van der Waals surface area contributed by atoms with Crippen LogP contribution in [0.3, 0.4) is 0 Å². The van der Waals surface area contributed by atoms with Crippen molar-refractivity contribution in [2.75, 3.05) is 26.2 Å². The predicted molar refractivity (Wildman–Crippen MR) is 158 cm³/mol. The molecule has 4 saturated carbocycles. The Balaban J connectivity index is 1.06. The zero-order chi connectivity index (χ0) is 25.3. The summed E-state index contributed by atoms with van der Waals surface area (Å²) in [6, 6.07) is 5.41. The summed E-state index contributed by atoms with van der Waals surface area (Å²) >= 11 is 0. The van der Waals surface area contributed by atoms with Gasteiger partial charge in [0.25, 0.3) is 0 Å². The van der Waals surface area contributed by atoms with Crippen molar-refractivity contribution in [3.05, 3.63) is 0 Å². The molecule has 0 radical (unpaired) electrons. The van der Waals surface area contributed by atoms with Crippen LogP contribution in [0.1, 0.15) is 128 Å². The van der Waals surface area contributed by atoms with Gasteiger partial charge in [-0.1, -0.05) is 38.5 Å². The molecule has 5 unspecified atom stereocenters. The van der Waals surface area contributed by atoms with E-state index in [0.717, 1.165) is 59.9 Å². The van der Waals surface area contributed by atoms with Crippen LogP contribution >= 0.6 is 0 Å². The predicted octanol–water partition coefficient (Wildman–Crippen LogP) is 6.34. The third-order valence-corrected chi connectivity index (χ3v) is 13.3. The standard InChI is InChI=1S/C34H60N4/c1-3-7-27(8-4-1)37(28-9-5-2-6-10-28)30-15-16-33-31(23-30)32-24-36-22-19-34(32)38(33)29-13-11-25(12-14-29)26-17-20-35-21-18-26/h25-36H,1-24H2. The number of nitrogens with zero attached hydrogens (tertiary/aromatic N) is 2. The van der Waals surface area contributed by atoms with Crippen molar-refractivity contribution in [2.45, 2.75) is 165 Å². The monoisotopic (exact) mass is 524 g/mol. The number of hydrogen-bond donors (Lipinski definition) is 2. The largest absolute Gasteiger partial charge is 0.317 e. The van der Waals surface area contributed by atoms with Crippen LogP contribution in [0.15, 0.2) is 0 Å². The zero-order valence-electron chi connectivity index (χ0n) is 24.6. The van der Waals surface area contributed by atoms with E-state index in [1.165, 1.54) is 155 Å². The molecule has 3 aliphatic heterocycles. The van der Waals surface area contributed by atoms with Crippen LogP contribution in [0.2, 0.25) is 0 Å². The van der Waals surface area contributed by atoms with Crippen LogP contribution in [0.25, 0.3) is 0 Å². The maximum Gasteiger partial charge on any atom is 0.0157 e. The summed E-state index contributed by atoms with van der Waals surface area (Å²) in [5.41, 5.74) is 0. The van der Waals surface area contributed by atoms with Crippen LogP contribution in [0.5, 0.6) is 0 Å². The topological polar surface area (TPSA) is 30.5 Å². The third-order valence-electron chi connectivity index (χ3n) is 13.3. The minimum Gasteiger partial charge on any atom is -0.317 e. The summed E-state index contributed by atoms with van der Waals surface area (Å²) in [6.07, 6.45) is 29.9. The van der Waals surface area contributed by atoms with E-state index in [9.17, 15) is 0 Å². The molecule has 7 fully saturated rings. The van der Waals surface area contributed by atoms with Crippen molar-refractivity contribution in [1.29, 1.82) is 0 Å². The van der Waals surface area contributed by atoms with Gasteiger partial charge in [0.05, 0.1) is 0 Å². The van der Waals surface area contributed by atoms with Crippen LogP contribution in [0.4, 0.5) is 0 Å². The maximum absolute atomic E-state index is 3.89. The van der Waals surface area contributed by atoms with Crippen molar-refractivity contribution >= 4 is 0 Å². The molecule has 0 spiro atoms. The number of likely N-dealkylation sites (tertiary alicyclic amines) is 1. The van der Waals surface area contributed by atoms with E-state index in [2.05, 4.69) is 20.4 Å². The number of rotatable bonds is 5. The Labute approximate surface area is 234 Å². The molecule has 4 aliphatic carbocycles. The van der Waals surface area contributed by atoms with Crippen LogP contribution in [-0.4, -0.2) is 72.2 Å². The van der Waals surface area contributed by atoms with Gasteiger partial charge in [0.2, 0.25) is 0 Å². The fourth-order valence-corrected chi connectivity index (χ4v) is 11.6. The Morgan fingerprint density at radius 2 is 1.08 bits per heavy atom. The molecule has 4 nitrogen and oxygen atoms in total. The molecule has 2 N–H and O–H groups in total. The lowest BCUT2D eigenvalue weighted by atomic mass is 9.73. The van der Waals surface area contributed by atoms with Gasteiger partial charge < -0.3 is 10.6 Å². The number of hydrogen-bond acceptors (Lipinski definition) is 4. The Morgan fingerprint density at radius 3 is 1.76 bits per heavy atom. The van der Waals surface area contributed by atoms with Gasteiger partial charge >= 0.3 is 0 Å². The van der Waals surface area contributed by atoms with Gasteiger partial charge in [-0.2, -0.15) is 0 Å². The molecule has 0 aromatic carbocycles. The molecule has 3 heterocycles. The summed E-state index contributed by atoms with van der Waals surface area (Å²) < 4.78 is 0. The second-order valence-electron chi connectivity index (χ2n) is 15.1. The van der Waals surface area contributed by atoms with Gasteiger partial charge in [-0.05, 0) is 140 Å². The molecule has 0 aromatic heterocycles. The molecular weight excluding hydrogens is 464 g/mol. The quantitative estimate of drug-likeness (QED) is 0.439. The van der Waals surface area contributed by atoms with Crippen molar-refractivity contribution in [3.8, 4) is 0 Å². The van der Waals surface area contributed by atoms with Crippen molar-refractivity contribution < 1.29 is 0 Å². The molecule has 3 saturated heterocycles. The molecule has 5 atom stereocenters. The van der Waals surface area contributed by atoms with E-state index in [-0.39, 0.29) is 0 Å². The van der Waals surface area contributed by atoms with Gasteiger partial charge in [-0.3, -0.25) is 9.80 Å². The van der Waals surface area contributed by atoms with E-state index in [0.29, 0.717) is 0 Å². The van der Waals surface area contributed by atoms with Gasteiger partial charge in [0, 0.05) is 36.3 Å². The second-order valence-corrected chi connectivity index (χ2v) is 15.1. The number of piperidine rings is 2. The maximum atomic E-state index is 3.89. The summed E-state index contributed by atoms with van der Waals surface area (Å²) in [7, 11) is 0. The van der Waals surface area contributed by atoms with E-state index in [4.69, 9.17) is 0 Å². The molecule has 38 heavy (non-hydrogen) atoms. The summed E-state index contributed by atoms with van der Waals surface area (Å²) in [6.45, 7) is 5.13. The lowest BCUT2D eigenvalue weighted by Crippen LogP contribution is -2.55. The van der Waals surface area contributed by atoms with E-state index < -0.39 is 0 Å². The van der Waals surface area contributed by atoms with E-state index in [1.807, 2.05) is 0 Å². The summed E-state index contributed by atoms with van der Waals surface area (Å²) in [4.78, 5) is 6.46. The first-order chi connectivity index (χ1) is 18.9.